The SMILES string of the molecule is CC(C)c1ccc(N2CC(O)(C(F)F)C2)cc1. The quantitative estimate of drug-likeness (QED) is 0.879. The van der Waals surface area contributed by atoms with Gasteiger partial charge in [0.15, 0.2) is 5.60 Å². The Balaban J connectivity index is 2.02. The second-order valence-electron chi connectivity index (χ2n) is 5.01. The van der Waals surface area contributed by atoms with Crippen molar-refractivity contribution in [1.82, 2.24) is 0 Å². The molecular weight excluding hydrogens is 224 g/mol. The van der Waals surface area contributed by atoms with Gasteiger partial charge in [-0.15, -0.1) is 0 Å². The van der Waals surface area contributed by atoms with Gasteiger partial charge in [0.2, 0.25) is 0 Å². The minimum Gasteiger partial charge on any atom is -0.380 e. The van der Waals surface area contributed by atoms with Crippen LogP contribution >= 0.6 is 0 Å². The predicted molar refractivity (Wildman–Crippen MR) is 63.7 cm³/mol. The van der Waals surface area contributed by atoms with E-state index < -0.39 is 12.0 Å². The third-order valence-electron chi connectivity index (χ3n) is 3.26. The molecule has 1 aromatic carbocycles. The summed E-state index contributed by atoms with van der Waals surface area (Å²) in [4.78, 5) is 1.76. The summed E-state index contributed by atoms with van der Waals surface area (Å²) < 4.78 is 24.9. The van der Waals surface area contributed by atoms with Crippen LogP contribution in [-0.4, -0.2) is 30.2 Å². The van der Waals surface area contributed by atoms with Crippen LogP contribution in [0, 0.1) is 0 Å². The average Bonchev–Trinajstić information content (AvgIpc) is 2.24. The summed E-state index contributed by atoms with van der Waals surface area (Å²) in [6, 6.07) is 7.83. The molecular formula is C13H17F2NO. The van der Waals surface area contributed by atoms with Crippen molar-refractivity contribution >= 4 is 5.69 Å². The van der Waals surface area contributed by atoms with Gasteiger partial charge in [-0.05, 0) is 23.6 Å². The van der Waals surface area contributed by atoms with Crippen LogP contribution in [0.15, 0.2) is 24.3 Å². The van der Waals surface area contributed by atoms with Gasteiger partial charge in [0.1, 0.15) is 0 Å². The van der Waals surface area contributed by atoms with E-state index in [1.54, 1.807) is 4.90 Å². The van der Waals surface area contributed by atoms with E-state index in [9.17, 15) is 13.9 Å². The van der Waals surface area contributed by atoms with Crippen LogP contribution in [0.3, 0.4) is 0 Å². The lowest BCUT2D eigenvalue weighted by Crippen LogP contribution is -2.66. The molecule has 0 unspecified atom stereocenters. The molecule has 0 amide bonds. The number of hydrogen-bond donors (Lipinski definition) is 1. The molecule has 0 spiro atoms. The topological polar surface area (TPSA) is 23.5 Å². The van der Waals surface area contributed by atoms with Crippen LogP contribution in [0.2, 0.25) is 0 Å². The first-order valence-electron chi connectivity index (χ1n) is 5.78. The zero-order valence-corrected chi connectivity index (χ0v) is 10.0. The molecule has 0 atom stereocenters. The van der Waals surface area contributed by atoms with Gasteiger partial charge in [-0.2, -0.15) is 0 Å². The standard InChI is InChI=1S/C13H17F2NO/c1-9(2)10-3-5-11(6-4-10)16-7-13(17,8-16)12(14)15/h3-6,9,12,17H,7-8H2,1-2H3. The number of alkyl halides is 2. The van der Waals surface area contributed by atoms with Crippen LogP contribution in [0.25, 0.3) is 0 Å². The number of benzene rings is 1. The average molecular weight is 241 g/mol. The maximum Gasteiger partial charge on any atom is 0.270 e. The fourth-order valence-corrected chi connectivity index (χ4v) is 2.01. The molecule has 0 aromatic heterocycles. The van der Waals surface area contributed by atoms with Crippen LogP contribution in [-0.2, 0) is 0 Å². The van der Waals surface area contributed by atoms with Crippen molar-refractivity contribution in [2.24, 2.45) is 0 Å². The van der Waals surface area contributed by atoms with Gasteiger partial charge in [-0.25, -0.2) is 8.78 Å². The highest BCUT2D eigenvalue weighted by molar-refractivity contribution is 5.51. The molecule has 1 saturated heterocycles. The van der Waals surface area contributed by atoms with E-state index in [1.807, 2.05) is 24.3 Å². The molecule has 1 aromatic rings. The normalized spacial score (nSPS) is 18.6. The zero-order valence-electron chi connectivity index (χ0n) is 10.0. The van der Waals surface area contributed by atoms with Gasteiger partial charge in [0, 0.05) is 5.69 Å². The van der Waals surface area contributed by atoms with E-state index in [0.29, 0.717) is 5.92 Å². The van der Waals surface area contributed by atoms with Crippen LogP contribution in [0.1, 0.15) is 25.3 Å². The van der Waals surface area contributed by atoms with E-state index in [2.05, 4.69) is 13.8 Å². The molecule has 2 rings (SSSR count). The summed E-state index contributed by atoms with van der Waals surface area (Å²) in [6.07, 6.45) is -2.67. The van der Waals surface area contributed by atoms with Crippen molar-refractivity contribution in [3.05, 3.63) is 29.8 Å². The summed E-state index contributed by atoms with van der Waals surface area (Å²) in [7, 11) is 0. The molecule has 1 heterocycles. The molecule has 1 aliphatic rings. The van der Waals surface area contributed by atoms with Crippen molar-refractivity contribution in [2.75, 3.05) is 18.0 Å². The first-order chi connectivity index (χ1) is 7.92. The van der Waals surface area contributed by atoms with Crippen LogP contribution < -0.4 is 4.90 Å². The van der Waals surface area contributed by atoms with Crippen molar-refractivity contribution in [2.45, 2.75) is 31.8 Å². The van der Waals surface area contributed by atoms with E-state index >= 15 is 0 Å². The number of halogens is 2. The number of aliphatic hydroxyl groups is 1. The highest BCUT2D eigenvalue weighted by Crippen LogP contribution is 2.32. The molecule has 0 saturated carbocycles. The van der Waals surface area contributed by atoms with Gasteiger partial charge in [-0.3, -0.25) is 0 Å². The summed E-state index contributed by atoms with van der Waals surface area (Å²) in [5, 5.41) is 9.47. The molecule has 4 heteroatoms. The minimum absolute atomic E-state index is 0.00565. The minimum atomic E-state index is -2.67. The summed E-state index contributed by atoms with van der Waals surface area (Å²) in [5.41, 5.74) is 0.287. The highest BCUT2D eigenvalue weighted by atomic mass is 19.3. The van der Waals surface area contributed by atoms with Gasteiger partial charge in [0.05, 0.1) is 13.1 Å². The van der Waals surface area contributed by atoms with E-state index in [-0.39, 0.29) is 13.1 Å². The highest BCUT2D eigenvalue weighted by Gasteiger charge is 2.48. The van der Waals surface area contributed by atoms with Gasteiger partial charge < -0.3 is 10.0 Å². The molecule has 0 bridgehead atoms. The van der Waals surface area contributed by atoms with E-state index in [1.165, 1.54) is 5.56 Å². The van der Waals surface area contributed by atoms with Crippen LogP contribution in [0.5, 0.6) is 0 Å². The first kappa shape index (κ1) is 12.3. The zero-order chi connectivity index (χ0) is 12.6. The van der Waals surface area contributed by atoms with Gasteiger partial charge >= 0.3 is 0 Å². The predicted octanol–water partition coefficient (Wildman–Crippen LogP) is 2.63. The third-order valence-corrected chi connectivity index (χ3v) is 3.26. The summed E-state index contributed by atoms with van der Waals surface area (Å²) in [6.45, 7) is 4.22. The van der Waals surface area contributed by atoms with Gasteiger partial charge in [0.25, 0.3) is 6.43 Å². The third kappa shape index (κ3) is 2.27. The Hall–Kier alpha value is -1.16. The molecule has 1 aliphatic heterocycles. The Kier molecular flexibility index (Phi) is 3.08. The number of rotatable bonds is 3. The molecule has 2 nitrogen and oxygen atoms in total. The molecule has 0 radical (unpaired) electrons. The second kappa shape index (κ2) is 4.26. The Labute approximate surface area is 99.9 Å². The lowest BCUT2D eigenvalue weighted by molar-refractivity contribution is -0.111. The number of nitrogens with zero attached hydrogens (tertiary/aromatic N) is 1. The fourth-order valence-electron chi connectivity index (χ4n) is 2.01. The fraction of sp³-hybridized carbons (Fsp3) is 0.538. The largest absolute Gasteiger partial charge is 0.380 e. The van der Waals surface area contributed by atoms with Gasteiger partial charge in [-0.1, -0.05) is 26.0 Å². The number of anilines is 1. The number of hydrogen-bond acceptors (Lipinski definition) is 2. The van der Waals surface area contributed by atoms with E-state index in [4.69, 9.17) is 0 Å². The molecule has 1 N–H and O–H groups in total. The number of β-amino-alcohol motifs (C(OH)–C–C–N with tert-alkyl or cyclic N) is 1. The Bertz CT molecular complexity index is 383. The first-order valence-corrected chi connectivity index (χ1v) is 5.78. The molecule has 1 fully saturated rings. The van der Waals surface area contributed by atoms with Crippen molar-refractivity contribution in [3.8, 4) is 0 Å². The summed E-state index contributed by atoms with van der Waals surface area (Å²) in [5.74, 6) is 0.457. The Morgan fingerprint density at radius 2 is 1.71 bits per heavy atom. The second-order valence-corrected chi connectivity index (χ2v) is 5.01. The molecule has 17 heavy (non-hydrogen) atoms. The Morgan fingerprint density at radius 3 is 2.12 bits per heavy atom. The lowest BCUT2D eigenvalue weighted by atomic mass is 9.93. The summed E-state index contributed by atoms with van der Waals surface area (Å²) >= 11 is 0. The van der Waals surface area contributed by atoms with E-state index in [0.717, 1.165) is 5.69 Å². The Morgan fingerprint density at radius 1 is 1.18 bits per heavy atom. The van der Waals surface area contributed by atoms with Crippen LogP contribution in [0.4, 0.5) is 14.5 Å². The smallest absolute Gasteiger partial charge is 0.270 e. The maximum atomic E-state index is 12.4. The van der Waals surface area contributed by atoms with Crippen molar-refractivity contribution in [3.63, 3.8) is 0 Å². The monoisotopic (exact) mass is 241 g/mol. The maximum absolute atomic E-state index is 12.4. The molecule has 94 valence electrons. The van der Waals surface area contributed by atoms with Crippen molar-refractivity contribution < 1.29 is 13.9 Å². The lowest BCUT2D eigenvalue weighted by Gasteiger charge is -2.47. The molecule has 0 aliphatic carbocycles. The van der Waals surface area contributed by atoms with Crippen molar-refractivity contribution in [1.29, 1.82) is 0 Å².